The van der Waals surface area contributed by atoms with Gasteiger partial charge in [0.25, 0.3) is 0 Å². The number of halogens is 1. The summed E-state index contributed by atoms with van der Waals surface area (Å²) in [5.41, 5.74) is 1.90. The van der Waals surface area contributed by atoms with Gasteiger partial charge in [-0.05, 0) is 31.2 Å². The van der Waals surface area contributed by atoms with E-state index in [9.17, 15) is 5.11 Å². The first-order valence-corrected chi connectivity index (χ1v) is 9.93. The van der Waals surface area contributed by atoms with Gasteiger partial charge in [0.2, 0.25) is 0 Å². The van der Waals surface area contributed by atoms with Crippen LogP contribution in [0.15, 0.2) is 47.5 Å². The molecule has 0 aliphatic carbocycles. The van der Waals surface area contributed by atoms with Crippen LogP contribution in [0.3, 0.4) is 0 Å². The van der Waals surface area contributed by atoms with Crippen molar-refractivity contribution in [3.05, 3.63) is 48.0 Å². The van der Waals surface area contributed by atoms with E-state index >= 15 is 0 Å². The number of benzene rings is 2. The lowest BCUT2D eigenvalue weighted by Crippen LogP contribution is -2.52. The molecular formula is C22H31IN4O3. The molecule has 0 aromatic heterocycles. The molecule has 0 spiro atoms. The Kier molecular flexibility index (Phi) is 9.35. The number of aromatic hydroxyl groups is 1. The molecule has 2 aromatic carbocycles. The molecule has 0 saturated carbocycles. The van der Waals surface area contributed by atoms with Crippen molar-refractivity contribution in [1.29, 1.82) is 0 Å². The molecule has 1 saturated heterocycles. The average Bonchev–Trinajstić information content (AvgIpc) is 2.77. The molecule has 0 radical (unpaired) electrons. The van der Waals surface area contributed by atoms with Crippen LogP contribution in [0.5, 0.6) is 17.2 Å². The minimum atomic E-state index is 0. The first-order valence-electron chi connectivity index (χ1n) is 9.93. The minimum absolute atomic E-state index is 0. The van der Waals surface area contributed by atoms with Crippen molar-refractivity contribution in [2.75, 3.05) is 51.8 Å². The Morgan fingerprint density at radius 1 is 1.07 bits per heavy atom. The number of guanidine groups is 1. The quantitative estimate of drug-likeness (QED) is 0.342. The van der Waals surface area contributed by atoms with Crippen LogP contribution in [-0.4, -0.2) is 62.9 Å². The monoisotopic (exact) mass is 526 g/mol. The summed E-state index contributed by atoms with van der Waals surface area (Å²) >= 11 is 0. The summed E-state index contributed by atoms with van der Waals surface area (Å²) in [6, 6.07) is 13.3. The van der Waals surface area contributed by atoms with E-state index in [1.165, 1.54) is 0 Å². The maximum Gasteiger partial charge on any atom is 0.194 e. The lowest BCUT2D eigenvalue weighted by molar-refractivity contribution is 0.369. The molecule has 1 aliphatic rings. The van der Waals surface area contributed by atoms with Crippen LogP contribution in [0, 0.1) is 0 Å². The fourth-order valence-corrected chi connectivity index (χ4v) is 3.46. The van der Waals surface area contributed by atoms with E-state index in [0.29, 0.717) is 12.3 Å². The number of hydrogen-bond acceptors (Lipinski definition) is 5. The first-order chi connectivity index (χ1) is 14.2. The number of ether oxygens (including phenoxy) is 2. The Labute approximate surface area is 195 Å². The van der Waals surface area contributed by atoms with Crippen molar-refractivity contribution in [3.63, 3.8) is 0 Å². The van der Waals surface area contributed by atoms with Gasteiger partial charge in [0, 0.05) is 44.4 Å². The summed E-state index contributed by atoms with van der Waals surface area (Å²) in [4.78, 5) is 9.30. The number of hydrogen-bond donors (Lipinski definition) is 2. The van der Waals surface area contributed by atoms with Gasteiger partial charge in [-0.25, -0.2) is 4.99 Å². The fraction of sp³-hybridized carbons (Fsp3) is 0.409. The summed E-state index contributed by atoms with van der Waals surface area (Å²) in [6.07, 6.45) is 0. The minimum Gasteiger partial charge on any atom is -0.506 e. The third-order valence-electron chi connectivity index (χ3n) is 5.03. The molecule has 164 valence electrons. The third-order valence-corrected chi connectivity index (χ3v) is 5.03. The zero-order valence-corrected chi connectivity index (χ0v) is 20.1. The van der Waals surface area contributed by atoms with Crippen molar-refractivity contribution in [2.45, 2.75) is 13.5 Å². The Bertz CT molecular complexity index is 839. The summed E-state index contributed by atoms with van der Waals surface area (Å²) < 4.78 is 10.8. The highest BCUT2D eigenvalue weighted by Gasteiger charge is 2.21. The van der Waals surface area contributed by atoms with Gasteiger partial charge in [-0.1, -0.05) is 12.1 Å². The van der Waals surface area contributed by atoms with E-state index in [0.717, 1.165) is 61.4 Å². The van der Waals surface area contributed by atoms with E-state index in [2.05, 4.69) is 22.0 Å². The summed E-state index contributed by atoms with van der Waals surface area (Å²) in [5.74, 6) is 2.76. The van der Waals surface area contributed by atoms with E-state index in [-0.39, 0.29) is 24.0 Å². The number of anilines is 1. The maximum absolute atomic E-state index is 10.1. The van der Waals surface area contributed by atoms with Crippen LogP contribution in [0.1, 0.15) is 12.5 Å². The Hall–Kier alpha value is -2.36. The van der Waals surface area contributed by atoms with Crippen LogP contribution in [0.4, 0.5) is 5.69 Å². The summed E-state index contributed by atoms with van der Waals surface area (Å²) in [5, 5.41) is 13.5. The van der Waals surface area contributed by atoms with Crippen LogP contribution >= 0.6 is 24.0 Å². The molecule has 7 nitrogen and oxygen atoms in total. The van der Waals surface area contributed by atoms with Gasteiger partial charge in [-0.2, -0.15) is 0 Å². The standard InChI is InChI=1S/C22H30N4O3.HI/c1-4-23-22(24-16-17-9-10-18(28-2)15-21(17)29-3)26-13-11-25(12-14-26)19-7-5-6-8-20(19)27;/h5-10,15,27H,4,11-14,16H2,1-3H3,(H,23,24);1H. The third kappa shape index (κ3) is 5.84. The molecule has 2 N–H and O–H groups in total. The second-order valence-corrected chi connectivity index (χ2v) is 6.81. The Morgan fingerprint density at radius 2 is 1.80 bits per heavy atom. The number of para-hydroxylation sites is 2. The van der Waals surface area contributed by atoms with E-state index in [1.54, 1.807) is 20.3 Å². The molecule has 1 aliphatic heterocycles. The highest BCUT2D eigenvalue weighted by Crippen LogP contribution is 2.27. The molecule has 0 bridgehead atoms. The molecule has 0 atom stereocenters. The van der Waals surface area contributed by atoms with Crippen LogP contribution < -0.4 is 19.7 Å². The number of phenols is 1. The zero-order chi connectivity index (χ0) is 20.6. The lowest BCUT2D eigenvalue weighted by atomic mass is 10.2. The molecule has 30 heavy (non-hydrogen) atoms. The van der Waals surface area contributed by atoms with Gasteiger partial charge >= 0.3 is 0 Å². The Balaban J connectivity index is 0.00000320. The highest BCUT2D eigenvalue weighted by atomic mass is 127. The molecule has 8 heteroatoms. The van der Waals surface area contributed by atoms with Crippen molar-refractivity contribution >= 4 is 35.6 Å². The van der Waals surface area contributed by atoms with Gasteiger partial charge in [0.15, 0.2) is 5.96 Å². The zero-order valence-electron chi connectivity index (χ0n) is 17.8. The normalized spacial score (nSPS) is 14.2. The van der Waals surface area contributed by atoms with Crippen LogP contribution in [0.2, 0.25) is 0 Å². The average molecular weight is 526 g/mol. The molecule has 2 aromatic rings. The highest BCUT2D eigenvalue weighted by molar-refractivity contribution is 14.0. The predicted octanol–water partition coefficient (Wildman–Crippen LogP) is 3.32. The van der Waals surface area contributed by atoms with E-state index < -0.39 is 0 Å². The van der Waals surface area contributed by atoms with Gasteiger partial charge in [-0.15, -0.1) is 24.0 Å². The van der Waals surface area contributed by atoms with Crippen LogP contribution in [0.25, 0.3) is 0 Å². The number of aliphatic imine (C=N–C) groups is 1. The van der Waals surface area contributed by atoms with Crippen LogP contribution in [-0.2, 0) is 6.54 Å². The number of phenolic OH excluding ortho intramolecular Hbond substituents is 1. The predicted molar refractivity (Wildman–Crippen MR) is 132 cm³/mol. The van der Waals surface area contributed by atoms with Gasteiger partial charge in [-0.3, -0.25) is 0 Å². The maximum atomic E-state index is 10.1. The van der Waals surface area contributed by atoms with Gasteiger partial charge in [0.1, 0.15) is 17.2 Å². The van der Waals surface area contributed by atoms with Gasteiger partial charge < -0.3 is 29.7 Å². The van der Waals surface area contributed by atoms with Crippen molar-refractivity contribution in [1.82, 2.24) is 10.2 Å². The molecule has 0 amide bonds. The summed E-state index contributed by atoms with van der Waals surface area (Å²) in [7, 11) is 3.30. The Morgan fingerprint density at radius 3 is 2.43 bits per heavy atom. The van der Waals surface area contributed by atoms with E-state index in [4.69, 9.17) is 14.5 Å². The lowest BCUT2D eigenvalue weighted by Gasteiger charge is -2.37. The topological polar surface area (TPSA) is 69.6 Å². The summed E-state index contributed by atoms with van der Waals surface area (Å²) in [6.45, 7) is 6.72. The molecule has 3 rings (SSSR count). The van der Waals surface area contributed by atoms with E-state index in [1.807, 2.05) is 36.4 Å². The first kappa shape index (κ1) is 23.9. The number of nitrogens with zero attached hydrogens (tertiary/aromatic N) is 3. The smallest absolute Gasteiger partial charge is 0.194 e. The molecule has 1 fully saturated rings. The SMILES string of the molecule is CCNC(=NCc1ccc(OC)cc1OC)N1CCN(c2ccccc2O)CC1.I. The second kappa shape index (κ2) is 11.7. The molecule has 0 unspecified atom stereocenters. The van der Waals surface area contributed by atoms with Crippen molar-refractivity contribution in [2.24, 2.45) is 4.99 Å². The molecule has 1 heterocycles. The fourth-order valence-electron chi connectivity index (χ4n) is 3.46. The molecular weight excluding hydrogens is 495 g/mol. The largest absolute Gasteiger partial charge is 0.506 e. The number of rotatable bonds is 6. The van der Waals surface area contributed by atoms with Crippen molar-refractivity contribution in [3.8, 4) is 17.2 Å². The number of methoxy groups -OCH3 is 2. The van der Waals surface area contributed by atoms with Crippen molar-refractivity contribution < 1.29 is 14.6 Å². The van der Waals surface area contributed by atoms with Gasteiger partial charge in [0.05, 0.1) is 26.5 Å². The second-order valence-electron chi connectivity index (χ2n) is 6.81. The number of nitrogens with one attached hydrogen (secondary N) is 1. The number of piperazine rings is 1.